The molecule has 1 aliphatic rings. The Bertz CT molecular complexity index is 1460. The van der Waals surface area contributed by atoms with Crippen molar-refractivity contribution in [2.45, 2.75) is 39.0 Å². The smallest absolute Gasteiger partial charge is 0.488 e. The summed E-state index contributed by atoms with van der Waals surface area (Å²) in [6.45, 7) is 7.13. The van der Waals surface area contributed by atoms with Gasteiger partial charge in [-0.15, -0.1) is 0 Å². The molecule has 6 nitrogen and oxygen atoms in total. The van der Waals surface area contributed by atoms with E-state index in [1.807, 2.05) is 48.5 Å². The van der Waals surface area contributed by atoms with Crippen LogP contribution in [-0.2, 0) is 11.2 Å². The third-order valence-corrected chi connectivity index (χ3v) is 6.81. The monoisotopic (exact) mass is 550 g/mol. The van der Waals surface area contributed by atoms with Gasteiger partial charge >= 0.3 is 12.1 Å². The number of hydrogen-bond donors (Lipinski definition) is 0. The number of nitrogens with zero attached hydrogens (tertiary/aromatic N) is 2. The number of carbonyl (C=O) groups is 1. The fourth-order valence-corrected chi connectivity index (χ4v) is 4.83. The van der Waals surface area contributed by atoms with Crippen LogP contribution in [0.3, 0.4) is 0 Å². The van der Waals surface area contributed by atoms with Crippen molar-refractivity contribution in [1.82, 2.24) is 10.1 Å². The van der Waals surface area contributed by atoms with Gasteiger partial charge in [0.25, 0.3) is 0 Å². The molecule has 1 aliphatic heterocycles. The molecule has 9 heteroatoms. The van der Waals surface area contributed by atoms with Gasteiger partial charge in [-0.25, -0.2) is 4.79 Å². The Labute approximate surface area is 230 Å². The molecule has 208 valence electrons. The summed E-state index contributed by atoms with van der Waals surface area (Å²) in [5, 5.41) is 4.42. The van der Waals surface area contributed by atoms with Gasteiger partial charge in [-0.1, -0.05) is 55.4 Å². The van der Waals surface area contributed by atoms with E-state index in [1.54, 1.807) is 0 Å². The first-order valence-electron chi connectivity index (χ1n) is 13.2. The van der Waals surface area contributed by atoms with Gasteiger partial charge in [-0.05, 0) is 66.9 Å². The highest BCUT2D eigenvalue weighted by atomic mass is 19.4. The number of carbonyl (C=O) groups excluding carboxylic acids is 1. The predicted octanol–water partition coefficient (Wildman–Crippen LogP) is 7.18. The van der Waals surface area contributed by atoms with Crippen LogP contribution >= 0.6 is 0 Å². The average Bonchev–Trinajstić information content (AvgIpc) is 3.37. The van der Waals surface area contributed by atoms with Gasteiger partial charge in [0.05, 0.1) is 5.56 Å². The van der Waals surface area contributed by atoms with Gasteiger partial charge in [0.1, 0.15) is 23.3 Å². The number of rotatable bonds is 9. The van der Waals surface area contributed by atoms with Crippen molar-refractivity contribution in [2.75, 3.05) is 19.6 Å². The van der Waals surface area contributed by atoms with Gasteiger partial charge in [0, 0.05) is 24.2 Å². The first kappa shape index (κ1) is 27.5. The molecule has 0 radical (unpaired) electrons. The van der Waals surface area contributed by atoms with Crippen molar-refractivity contribution in [3.05, 3.63) is 78.4 Å². The molecule has 0 atom stereocenters. The second-order valence-corrected chi connectivity index (χ2v) is 9.68. The molecule has 1 saturated heterocycles. The number of ether oxygens (including phenoxy) is 2. The number of alkyl halides is 3. The summed E-state index contributed by atoms with van der Waals surface area (Å²) in [5.74, 6) is -1.29. The molecule has 0 spiro atoms. The normalized spacial score (nSPS) is 14.1. The third kappa shape index (κ3) is 5.89. The summed E-state index contributed by atoms with van der Waals surface area (Å²) in [6.07, 6.45) is -3.00. The molecule has 0 saturated carbocycles. The molecule has 1 aromatic heterocycles. The Balaban J connectivity index is 1.47. The molecule has 40 heavy (non-hydrogen) atoms. The highest BCUT2D eigenvalue weighted by Crippen LogP contribution is 2.42. The lowest BCUT2D eigenvalue weighted by Gasteiger charge is -2.38. The van der Waals surface area contributed by atoms with E-state index in [-0.39, 0.29) is 11.9 Å². The van der Waals surface area contributed by atoms with E-state index in [2.05, 4.69) is 28.6 Å². The lowest BCUT2D eigenvalue weighted by molar-refractivity contribution is -0.189. The zero-order valence-electron chi connectivity index (χ0n) is 22.2. The van der Waals surface area contributed by atoms with Crippen LogP contribution in [0.1, 0.15) is 25.8 Å². The predicted molar refractivity (Wildman–Crippen MR) is 145 cm³/mol. The minimum Gasteiger partial charge on any atom is -0.488 e. The molecule has 4 aromatic rings. The Kier molecular flexibility index (Phi) is 7.93. The molecule has 1 fully saturated rings. The topological polar surface area (TPSA) is 64.8 Å². The van der Waals surface area contributed by atoms with Crippen molar-refractivity contribution in [2.24, 2.45) is 0 Å². The number of esters is 1. The van der Waals surface area contributed by atoms with Crippen LogP contribution in [0.15, 0.2) is 77.3 Å². The maximum absolute atomic E-state index is 12.6. The molecule has 5 rings (SSSR count). The maximum atomic E-state index is 12.6. The van der Waals surface area contributed by atoms with Crippen LogP contribution in [0.25, 0.3) is 33.7 Å². The van der Waals surface area contributed by atoms with E-state index < -0.39 is 12.1 Å². The van der Waals surface area contributed by atoms with Crippen molar-refractivity contribution in [1.29, 1.82) is 0 Å². The number of aryl methyl sites for hydroxylation is 1. The number of benzene rings is 3. The summed E-state index contributed by atoms with van der Waals surface area (Å²) in [7, 11) is 0. The van der Waals surface area contributed by atoms with Crippen molar-refractivity contribution < 1.29 is 32.0 Å². The molecule has 0 unspecified atom stereocenters. The summed E-state index contributed by atoms with van der Waals surface area (Å²) < 4.78 is 54.2. The number of aromatic nitrogens is 1. The van der Waals surface area contributed by atoms with E-state index >= 15 is 0 Å². The summed E-state index contributed by atoms with van der Waals surface area (Å²) in [4.78, 5) is 13.6. The van der Waals surface area contributed by atoms with Crippen LogP contribution in [0.4, 0.5) is 13.2 Å². The van der Waals surface area contributed by atoms with Crippen LogP contribution in [0.2, 0.25) is 0 Å². The van der Waals surface area contributed by atoms with E-state index in [9.17, 15) is 18.0 Å². The summed E-state index contributed by atoms with van der Waals surface area (Å²) in [5.41, 5.74) is 4.84. The van der Waals surface area contributed by atoms with E-state index in [0.717, 1.165) is 60.5 Å². The average molecular weight is 551 g/mol. The van der Waals surface area contributed by atoms with Gasteiger partial charge in [-0.2, -0.15) is 13.2 Å². The Hall–Kier alpha value is -4.11. The molecular weight excluding hydrogens is 521 g/mol. The highest BCUT2D eigenvalue weighted by molar-refractivity contribution is 5.91. The minimum atomic E-state index is -5.08. The van der Waals surface area contributed by atoms with Crippen LogP contribution in [0.5, 0.6) is 11.5 Å². The number of halogens is 3. The van der Waals surface area contributed by atoms with Crippen molar-refractivity contribution >= 4 is 5.97 Å². The second kappa shape index (κ2) is 11.6. The Morgan fingerprint density at radius 2 is 1.60 bits per heavy atom. The highest BCUT2D eigenvalue weighted by Gasteiger charge is 2.41. The van der Waals surface area contributed by atoms with E-state index in [4.69, 9.17) is 9.26 Å². The van der Waals surface area contributed by atoms with Crippen LogP contribution in [-0.4, -0.2) is 47.9 Å². The first-order valence-corrected chi connectivity index (χ1v) is 13.2. The SMILES string of the molecule is CCCN1CC(Oc2ccc(-c3c(-c4ccccc4CC)noc3-c3ccc(OC(=O)C(F)(F)F)cc3)cc2)C1. The third-order valence-electron chi connectivity index (χ3n) is 6.81. The first-order chi connectivity index (χ1) is 19.3. The minimum absolute atomic E-state index is 0.167. The summed E-state index contributed by atoms with van der Waals surface area (Å²) >= 11 is 0. The lowest BCUT2D eigenvalue weighted by Crippen LogP contribution is -2.53. The quantitative estimate of drug-likeness (QED) is 0.163. The fraction of sp³-hybridized carbons (Fsp3) is 0.290. The largest absolute Gasteiger partial charge is 0.491 e. The van der Waals surface area contributed by atoms with Gasteiger partial charge in [0.2, 0.25) is 0 Å². The van der Waals surface area contributed by atoms with Crippen molar-refractivity contribution in [3.63, 3.8) is 0 Å². The molecular formula is C31H29F3N2O4. The molecule has 3 aromatic carbocycles. The molecule has 0 bridgehead atoms. The molecule has 0 aliphatic carbocycles. The molecule has 0 amide bonds. The molecule has 0 N–H and O–H groups in total. The fourth-order valence-electron chi connectivity index (χ4n) is 4.83. The van der Waals surface area contributed by atoms with Crippen LogP contribution in [0, 0.1) is 0 Å². The number of hydrogen-bond acceptors (Lipinski definition) is 6. The summed E-state index contributed by atoms with van der Waals surface area (Å²) in [6, 6.07) is 21.3. The van der Waals surface area contributed by atoms with Gasteiger partial charge in [0.15, 0.2) is 5.76 Å². The zero-order chi connectivity index (χ0) is 28.3. The standard InChI is InChI=1S/C31H29F3N2O4/c1-3-17-36-18-25(19-36)38-23-13-9-21(10-14-23)27-28(26-8-6-5-7-20(26)4-2)35-40-29(27)22-11-15-24(16-12-22)39-30(37)31(32,33)34/h5-16,25H,3-4,17-19H2,1-2H3. The van der Waals surface area contributed by atoms with E-state index in [1.165, 1.54) is 24.3 Å². The van der Waals surface area contributed by atoms with Crippen LogP contribution < -0.4 is 9.47 Å². The van der Waals surface area contributed by atoms with Gasteiger partial charge < -0.3 is 14.0 Å². The van der Waals surface area contributed by atoms with E-state index in [0.29, 0.717) is 17.0 Å². The zero-order valence-corrected chi connectivity index (χ0v) is 22.2. The Morgan fingerprint density at radius 3 is 2.25 bits per heavy atom. The number of likely N-dealkylation sites (tertiary alicyclic amines) is 1. The lowest BCUT2D eigenvalue weighted by atomic mass is 9.93. The van der Waals surface area contributed by atoms with Gasteiger partial charge in [-0.3, -0.25) is 4.90 Å². The molecule has 2 heterocycles. The maximum Gasteiger partial charge on any atom is 0.491 e. The van der Waals surface area contributed by atoms with Crippen molar-refractivity contribution in [3.8, 4) is 45.2 Å². The second-order valence-electron chi connectivity index (χ2n) is 9.68. The Morgan fingerprint density at radius 1 is 0.950 bits per heavy atom.